The molecule has 156 valence electrons. The van der Waals surface area contributed by atoms with E-state index in [0.717, 1.165) is 28.9 Å². The molecule has 7 heteroatoms. The maximum Gasteiger partial charge on any atom is 0.227 e. The number of rotatable bonds is 5. The summed E-state index contributed by atoms with van der Waals surface area (Å²) in [4.78, 5) is 40.6. The normalized spacial score (nSPS) is 17.9. The molecule has 0 aromatic heterocycles. The van der Waals surface area contributed by atoms with Crippen molar-refractivity contribution in [3.8, 4) is 0 Å². The fourth-order valence-corrected chi connectivity index (χ4v) is 4.07. The van der Waals surface area contributed by atoms with Gasteiger partial charge in [0, 0.05) is 43.9 Å². The number of nitrogens with one attached hydrogen (secondary N) is 1. The van der Waals surface area contributed by atoms with Crippen LogP contribution in [-0.4, -0.2) is 30.8 Å². The number of nitrogens with zero attached hydrogens (tertiary/aromatic N) is 2. The van der Waals surface area contributed by atoms with E-state index in [9.17, 15) is 18.8 Å². The van der Waals surface area contributed by atoms with E-state index in [1.807, 2.05) is 25.1 Å². The van der Waals surface area contributed by atoms with Crippen LogP contribution in [0.5, 0.6) is 0 Å². The highest BCUT2D eigenvalue weighted by Gasteiger charge is 2.35. The number of hydrogen-bond donors (Lipinski definition) is 1. The highest BCUT2D eigenvalue weighted by Crippen LogP contribution is 2.34. The molecule has 2 heterocycles. The van der Waals surface area contributed by atoms with E-state index in [0.29, 0.717) is 26.1 Å². The quantitative estimate of drug-likeness (QED) is 0.826. The Morgan fingerprint density at radius 1 is 1.17 bits per heavy atom. The molecule has 6 nitrogen and oxygen atoms in total. The van der Waals surface area contributed by atoms with Crippen LogP contribution >= 0.6 is 0 Å². The number of halogens is 1. The SMILES string of the molecule is CCC(=O)N1CCc2cc(N3C[C@H](C(=O)NCc4ccc(F)cc4)CC3=O)ccc21. The summed E-state index contributed by atoms with van der Waals surface area (Å²) in [6, 6.07) is 11.6. The minimum absolute atomic E-state index is 0.0867. The van der Waals surface area contributed by atoms with Gasteiger partial charge in [0.1, 0.15) is 5.82 Å². The topological polar surface area (TPSA) is 69.7 Å². The van der Waals surface area contributed by atoms with Gasteiger partial charge < -0.3 is 15.1 Å². The summed E-state index contributed by atoms with van der Waals surface area (Å²) in [6.07, 6.45) is 1.38. The van der Waals surface area contributed by atoms with Gasteiger partial charge in [0.25, 0.3) is 0 Å². The number of carbonyl (C=O) groups is 3. The Hall–Kier alpha value is -3.22. The number of anilines is 2. The average molecular weight is 409 g/mol. The smallest absolute Gasteiger partial charge is 0.227 e. The highest BCUT2D eigenvalue weighted by atomic mass is 19.1. The predicted octanol–water partition coefficient (Wildman–Crippen LogP) is 2.79. The first kappa shape index (κ1) is 20.1. The van der Waals surface area contributed by atoms with E-state index in [4.69, 9.17) is 0 Å². The van der Waals surface area contributed by atoms with Crippen molar-refractivity contribution < 1.29 is 18.8 Å². The molecule has 0 unspecified atom stereocenters. The summed E-state index contributed by atoms with van der Waals surface area (Å²) < 4.78 is 13.0. The molecular formula is C23H24FN3O3. The van der Waals surface area contributed by atoms with Crippen LogP contribution in [0.4, 0.5) is 15.8 Å². The van der Waals surface area contributed by atoms with E-state index in [2.05, 4.69) is 5.32 Å². The monoisotopic (exact) mass is 409 g/mol. The zero-order valence-electron chi connectivity index (χ0n) is 16.9. The lowest BCUT2D eigenvalue weighted by Gasteiger charge is -2.20. The van der Waals surface area contributed by atoms with Crippen LogP contribution in [0, 0.1) is 11.7 Å². The van der Waals surface area contributed by atoms with Gasteiger partial charge in [-0.05, 0) is 47.9 Å². The van der Waals surface area contributed by atoms with Crippen molar-refractivity contribution in [1.29, 1.82) is 0 Å². The minimum atomic E-state index is -0.427. The van der Waals surface area contributed by atoms with Gasteiger partial charge in [0.15, 0.2) is 0 Å². The van der Waals surface area contributed by atoms with E-state index < -0.39 is 5.92 Å². The molecule has 1 atom stereocenters. The molecule has 1 saturated heterocycles. The second kappa shape index (κ2) is 8.26. The van der Waals surface area contributed by atoms with Gasteiger partial charge in [0.2, 0.25) is 17.7 Å². The number of carbonyl (C=O) groups excluding carboxylic acids is 3. The fraction of sp³-hybridized carbons (Fsp3) is 0.348. The first-order valence-corrected chi connectivity index (χ1v) is 10.2. The average Bonchev–Trinajstić information content (AvgIpc) is 3.35. The maximum atomic E-state index is 13.0. The van der Waals surface area contributed by atoms with Crippen molar-refractivity contribution in [2.24, 2.45) is 5.92 Å². The molecule has 0 saturated carbocycles. The van der Waals surface area contributed by atoms with E-state index in [1.54, 1.807) is 21.9 Å². The summed E-state index contributed by atoms with van der Waals surface area (Å²) in [5, 5.41) is 2.83. The molecule has 2 aliphatic rings. The number of amides is 3. The van der Waals surface area contributed by atoms with Crippen LogP contribution in [-0.2, 0) is 27.3 Å². The number of benzene rings is 2. The number of hydrogen-bond acceptors (Lipinski definition) is 3. The summed E-state index contributed by atoms with van der Waals surface area (Å²) in [5.41, 5.74) is 3.52. The molecule has 0 aliphatic carbocycles. The van der Waals surface area contributed by atoms with E-state index >= 15 is 0 Å². The Balaban J connectivity index is 1.40. The third-order valence-electron chi connectivity index (χ3n) is 5.75. The molecule has 0 bridgehead atoms. The third kappa shape index (κ3) is 3.92. The first-order valence-electron chi connectivity index (χ1n) is 10.2. The standard InChI is InChI=1S/C23H24FN3O3/c1-2-21(28)26-10-9-16-11-19(7-8-20(16)26)27-14-17(12-22(27)29)23(30)25-13-15-3-5-18(24)6-4-15/h3-8,11,17H,2,9-10,12-14H2,1H3,(H,25,30)/t17-/m1/s1. The van der Waals surface area contributed by atoms with Crippen LogP contribution < -0.4 is 15.1 Å². The maximum absolute atomic E-state index is 13.0. The van der Waals surface area contributed by atoms with Gasteiger partial charge in [-0.1, -0.05) is 19.1 Å². The van der Waals surface area contributed by atoms with Crippen molar-refractivity contribution >= 4 is 29.1 Å². The zero-order valence-corrected chi connectivity index (χ0v) is 16.9. The second-order valence-electron chi connectivity index (χ2n) is 7.71. The summed E-state index contributed by atoms with van der Waals surface area (Å²) in [7, 11) is 0. The van der Waals surface area contributed by atoms with Gasteiger partial charge in [-0.2, -0.15) is 0 Å². The lowest BCUT2D eigenvalue weighted by Crippen LogP contribution is -2.32. The summed E-state index contributed by atoms with van der Waals surface area (Å²) >= 11 is 0. The molecule has 2 aliphatic heterocycles. The molecule has 30 heavy (non-hydrogen) atoms. The first-order chi connectivity index (χ1) is 14.5. The Morgan fingerprint density at radius 3 is 2.67 bits per heavy atom. The van der Waals surface area contributed by atoms with Gasteiger partial charge in [-0.25, -0.2) is 4.39 Å². The van der Waals surface area contributed by atoms with Crippen molar-refractivity contribution in [3.05, 3.63) is 59.4 Å². The summed E-state index contributed by atoms with van der Waals surface area (Å²) in [5.74, 6) is -0.924. The Morgan fingerprint density at radius 2 is 1.93 bits per heavy atom. The van der Waals surface area contributed by atoms with Gasteiger partial charge in [-0.3, -0.25) is 14.4 Å². The van der Waals surface area contributed by atoms with Gasteiger partial charge in [-0.15, -0.1) is 0 Å². The molecule has 3 amide bonds. The van der Waals surface area contributed by atoms with Crippen LogP contribution in [0.1, 0.15) is 30.9 Å². The molecule has 0 radical (unpaired) electrons. The van der Waals surface area contributed by atoms with Crippen LogP contribution in [0.15, 0.2) is 42.5 Å². The van der Waals surface area contributed by atoms with E-state index in [1.165, 1.54) is 12.1 Å². The van der Waals surface area contributed by atoms with Crippen LogP contribution in [0.3, 0.4) is 0 Å². The molecular weight excluding hydrogens is 385 g/mol. The van der Waals surface area contributed by atoms with Crippen LogP contribution in [0.25, 0.3) is 0 Å². The largest absolute Gasteiger partial charge is 0.352 e. The van der Waals surface area contributed by atoms with Crippen LogP contribution in [0.2, 0.25) is 0 Å². The van der Waals surface area contributed by atoms with Crippen molar-refractivity contribution in [2.75, 3.05) is 22.9 Å². The molecule has 1 fully saturated rings. The lowest BCUT2D eigenvalue weighted by atomic mass is 10.1. The molecule has 2 aromatic carbocycles. The van der Waals surface area contributed by atoms with Gasteiger partial charge >= 0.3 is 0 Å². The lowest BCUT2D eigenvalue weighted by molar-refractivity contribution is -0.126. The molecule has 0 spiro atoms. The van der Waals surface area contributed by atoms with Crippen molar-refractivity contribution in [2.45, 2.75) is 32.7 Å². The zero-order chi connectivity index (χ0) is 21.3. The molecule has 2 aromatic rings. The number of fused-ring (bicyclic) bond motifs is 1. The van der Waals surface area contributed by atoms with Crippen molar-refractivity contribution in [3.63, 3.8) is 0 Å². The fourth-order valence-electron chi connectivity index (χ4n) is 4.07. The molecule has 4 rings (SSSR count). The van der Waals surface area contributed by atoms with Crippen molar-refractivity contribution in [1.82, 2.24) is 5.32 Å². The van der Waals surface area contributed by atoms with Gasteiger partial charge in [0.05, 0.1) is 5.92 Å². The highest BCUT2D eigenvalue weighted by molar-refractivity contribution is 6.01. The Kier molecular flexibility index (Phi) is 5.53. The second-order valence-corrected chi connectivity index (χ2v) is 7.71. The Labute approximate surface area is 174 Å². The predicted molar refractivity (Wildman–Crippen MR) is 111 cm³/mol. The Bertz CT molecular complexity index is 990. The summed E-state index contributed by atoms with van der Waals surface area (Å²) in [6.45, 7) is 3.13. The third-order valence-corrected chi connectivity index (χ3v) is 5.75. The van der Waals surface area contributed by atoms with E-state index in [-0.39, 0.29) is 30.0 Å². The minimum Gasteiger partial charge on any atom is -0.352 e. The molecule has 1 N–H and O–H groups in total.